The van der Waals surface area contributed by atoms with E-state index >= 15 is 0 Å². The number of unbranched alkanes of at least 4 members (excludes halogenated alkanes) is 1. The lowest BCUT2D eigenvalue weighted by Crippen LogP contribution is -2.46. The number of aryl methyl sites for hydroxylation is 1. The van der Waals surface area contributed by atoms with Crippen LogP contribution in [0.1, 0.15) is 25.5 Å². The number of anilines is 1. The third-order valence-electron chi connectivity index (χ3n) is 4.05. The van der Waals surface area contributed by atoms with Gasteiger partial charge in [0.2, 0.25) is 11.9 Å². The number of fused-ring (bicyclic) bond motifs is 1. The summed E-state index contributed by atoms with van der Waals surface area (Å²) in [6, 6.07) is 5.80. The van der Waals surface area contributed by atoms with Gasteiger partial charge < -0.3 is 10.1 Å². The highest BCUT2D eigenvalue weighted by molar-refractivity contribution is 5.93. The van der Waals surface area contributed by atoms with Gasteiger partial charge in [0.15, 0.2) is 0 Å². The standard InChI is InChI=1S/C17H24N6O/c1-4-5-8-23-10-18-16(19-11-23)22-17-20-12(2)14-9-13(24-3)6-7-15(14)21-17/h6-7,9H,4-5,8,10-11H2,1-3H3,(H2,18,19,20,21,22). The maximum atomic E-state index is 5.26. The number of methoxy groups -OCH3 is 1. The van der Waals surface area contributed by atoms with Crippen LogP contribution in [0.25, 0.3) is 10.9 Å². The lowest BCUT2D eigenvalue weighted by Gasteiger charge is -2.26. The van der Waals surface area contributed by atoms with E-state index in [1.165, 1.54) is 12.8 Å². The molecule has 0 aliphatic carbocycles. The summed E-state index contributed by atoms with van der Waals surface area (Å²) in [6.45, 7) is 6.71. The Hall–Kier alpha value is -2.41. The molecule has 24 heavy (non-hydrogen) atoms. The predicted molar refractivity (Wildman–Crippen MR) is 96.4 cm³/mol. The molecule has 7 nitrogen and oxygen atoms in total. The zero-order chi connectivity index (χ0) is 16.9. The minimum absolute atomic E-state index is 0.554. The summed E-state index contributed by atoms with van der Waals surface area (Å²) in [5.41, 5.74) is 1.79. The molecular weight excluding hydrogens is 304 g/mol. The Morgan fingerprint density at radius 1 is 1.33 bits per heavy atom. The highest BCUT2D eigenvalue weighted by Gasteiger charge is 2.13. The lowest BCUT2D eigenvalue weighted by atomic mass is 10.2. The number of rotatable bonds is 5. The minimum atomic E-state index is 0.554. The second kappa shape index (κ2) is 7.44. The van der Waals surface area contributed by atoms with Crippen LogP contribution < -0.4 is 15.4 Å². The number of hydrogen-bond donors (Lipinski definition) is 2. The summed E-state index contributed by atoms with van der Waals surface area (Å²) < 4.78 is 5.26. The summed E-state index contributed by atoms with van der Waals surface area (Å²) in [4.78, 5) is 15.9. The molecule has 1 aromatic carbocycles. The third-order valence-corrected chi connectivity index (χ3v) is 4.05. The first-order chi connectivity index (χ1) is 11.7. The second-order valence-corrected chi connectivity index (χ2v) is 5.87. The van der Waals surface area contributed by atoms with Gasteiger partial charge in [-0.05, 0) is 31.5 Å². The van der Waals surface area contributed by atoms with Gasteiger partial charge in [0.1, 0.15) is 5.75 Å². The Morgan fingerprint density at radius 2 is 2.21 bits per heavy atom. The maximum absolute atomic E-state index is 5.26. The van der Waals surface area contributed by atoms with E-state index in [9.17, 15) is 0 Å². The van der Waals surface area contributed by atoms with Gasteiger partial charge >= 0.3 is 0 Å². The number of aliphatic imine (C=N–C) groups is 1. The Balaban J connectivity index is 1.73. The van der Waals surface area contributed by atoms with Crippen molar-refractivity contribution in [2.24, 2.45) is 4.99 Å². The average molecular weight is 328 g/mol. The van der Waals surface area contributed by atoms with E-state index in [-0.39, 0.29) is 0 Å². The Morgan fingerprint density at radius 3 is 2.92 bits per heavy atom. The molecule has 7 heteroatoms. The van der Waals surface area contributed by atoms with Crippen molar-refractivity contribution in [3.8, 4) is 5.75 Å². The van der Waals surface area contributed by atoms with Crippen molar-refractivity contribution >= 4 is 22.8 Å². The highest BCUT2D eigenvalue weighted by Crippen LogP contribution is 2.22. The molecule has 1 aliphatic rings. The first kappa shape index (κ1) is 16.4. The number of nitrogens with zero attached hydrogens (tertiary/aromatic N) is 4. The molecule has 0 amide bonds. The lowest BCUT2D eigenvalue weighted by molar-refractivity contribution is 0.261. The summed E-state index contributed by atoms with van der Waals surface area (Å²) in [5, 5.41) is 7.44. The van der Waals surface area contributed by atoms with Crippen molar-refractivity contribution in [1.29, 1.82) is 0 Å². The van der Waals surface area contributed by atoms with E-state index in [1.54, 1.807) is 7.11 Å². The minimum Gasteiger partial charge on any atom is -0.497 e. The van der Waals surface area contributed by atoms with Crippen LogP contribution in [-0.2, 0) is 0 Å². The van der Waals surface area contributed by atoms with Crippen molar-refractivity contribution in [2.45, 2.75) is 26.7 Å². The fourth-order valence-corrected chi connectivity index (χ4v) is 2.63. The number of aromatic nitrogens is 2. The van der Waals surface area contributed by atoms with Gasteiger partial charge in [-0.2, -0.15) is 0 Å². The van der Waals surface area contributed by atoms with Gasteiger partial charge in [-0.25, -0.2) is 15.0 Å². The van der Waals surface area contributed by atoms with E-state index in [0.717, 1.165) is 41.5 Å². The van der Waals surface area contributed by atoms with Crippen LogP contribution in [0, 0.1) is 6.92 Å². The van der Waals surface area contributed by atoms with Crippen molar-refractivity contribution in [3.63, 3.8) is 0 Å². The maximum Gasteiger partial charge on any atom is 0.230 e. The van der Waals surface area contributed by atoms with E-state index in [0.29, 0.717) is 12.6 Å². The fraction of sp³-hybridized carbons (Fsp3) is 0.471. The first-order valence-electron chi connectivity index (χ1n) is 8.29. The number of nitrogens with one attached hydrogen (secondary N) is 2. The van der Waals surface area contributed by atoms with Crippen LogP contribution in [0.3, 0.4) is 0 Å². The molecule has 0 spiro atoms. The summed E-state index contributed by atoms with van der Waals surface area (Å²) in [7, 11) is 1.66. The summed E-state index contributed by atoms with van der Waals surface area (Å²) in [5.74, 6) is 2.08. The van der Waals surface area contributed by atoms with Crippen LogP contribution in [0.4, 0.5) is 5.95 Å². The second-order valence-electron chi connectivity index (χ2n) is 5.87. The SMILES string of the molecule is CCCCN1CN=C(Nc2nc(C)c3cc(OC)ccc3n2)NC1. The van der Waals surface area contributed by atoms with Gasteiger partial charge in [-0.3, -0.25) is 10.2 Å². The van der Waals surface area contributed by atoms with Crippen LogP contribution >= 0.6 is 0 Å². The molecule has 0 saturated heterocycles. The molecule has 0 unspecified atom stereocenters. The molecule has 0 saturated carbocycles. The van der Waals surface area contributed by atoms with E-state index in [1.807, 2.05) is 25.1 Å². The monoisotopic (exact) mass is 328 g/mol. The number of hydrogen-bond acceptors (Lipinski definition) is 7. The molecule has 0 bridgehead atoms. The van der Waals surface area contributed by atoms with Crippen LogP contribution in [0.5, 0.6) is 5.75 Å². The van der Waals surface area contributed by atoms with Gasteiger partial charge in [-0.1, -0.05) is 13.3 Å². The van der Waals surface area contributed by atoms with Crippen LogP contribution in [0.15, 0.2) is 23.2 Å². The van der Waals surface area contributed by atoms with E-state index in [2.05, 4.69) is 37.4 Å². The molecule has 2 heterocycles. The van der Waals surface area contributed by atoms with Gasteiger partial charge in [-0.15, -0.1) is 0 Å². The van der Waals surface area contributed by atoms with Crippen molar-refractivity contribution in [3.05, 3.63) is 23.9 Å². The number of benzene rings is 1. The predicted octanol–water partition coefficient (Wildman–Crippen LogP) is 2.34. The molecular formula is C17H24N6O. The molecule has 2 N–H and O–H groups in total. The summed E-state index contributed by atoms with van der Waals surface area (Å²) >= 11 is 0. The van der Waals surface area contributed by atoms with Gasteiger partial charge in [0, 0.05) is 11.9 Å². The quantitative estimate of drug-likeness (QED) is 0.877. The van der Waals surface area contributed by atoms with Crippen molar-refractivity contribution in [1.82, 2.24) is 20.2 Å². The molecule has 2 aromatic rings. The van der Waals surface area contributed by atoms with Crippen molar-refractivity contribution in [2.75, 3.05) is 32.3 Å². The van der Waals surface area contributed by atoms with E-state index < -0.39 is 0 Å². The molecule has 0 fully saturated rings. The summed E-state index contributed by atoms with van der Waals surface area (Å²) in [6.07, 6.45) is 2.39. The Labute approximate surface area is 142 Å². The fourth-order valence-electron chi connectivity index (χ4n) is 2.63. The smallest absolute Gasteiger partial charge is 0.230 e. The van der Waals surface area contributed by atoms with Crippen molar-refractivity contribution < 1.29 is 4.74 Å². The third kappa shape index (κ3) is 3.73. The van der Waals surface area contributed by atoms with Gasteiger partial charge in [0.25, 0.3) is 0 Å². The number of guanidine groups is 1. The van der Waals surface area contributed by atoms with E-state index in [4.69, 9.17) is 4.74 Å². The molecule has 0 atom stereocenters. The normalized spacial score (nSPS) is 15.0. The largest absolute Gasteiger partial charge is 0.497 e. The van der Waals surface area contributed by atoms with Gasteiger partial charge in [0.05, 0.1) is 31.7 Å². The van der Waals surface area contributed by atoms with Crippen LogP contribution in [0.2, 0.25) is 0 Å². The first-order valence-corrected chi connectivity index (χ1v) is 8.29. The zero-order valence-corrected chi connectivity index (χ0v) is 14.5. The topological polar surface area (TPSA) is 74.7 Å². The zero-order valence-electron chi connectivity index (χ0n) is 14.5. The highest BCUT2D eigenvalue weighted by atomic mass is 16.5. The molecule has 1 aromatic heterocycles. The number of ether oxygens (including phenoxy) is 1. The average Bonchev–Trinajstić information content (AvgIpc) is 2.61. The Bertz CT molecular complexity index is 745. The molecule has 1 aliphatic heterocycles. The Kier molecular flexibility index (Phi) is 5.10. The molecule has 3 rings (SSSR count). The molecule has 128 valence electrons. The van der Waals surface area contributed by atoms with Crippen LogP contribution in [-0.4, -0.2) is 47.8 Å². The molecule has 0 radical (unpaired) electrons.